The van der Waals surface area contributed by atoms with Gasteiger partial charge in [0, 0.05) is 5.56 Å². The molecule has 4 rings (SSSR count). The highest BCUT2D eigenvalue weighted by Gasteiger charge is 2.22. The number of fused-ring (bicyclic) bond motifs is 1. The first kappa shape index (κ1) is 21.8. The normalized spacial score (nSPS) is 11.3. The number of carbonyl (C=O) groups is 2. The molecule has 0 bridgehead atoms. The zero-order chi connectivity index (χ0) is 23.4. The third-order valence-corrected chi connectivity index (χ3v) is 5.06. The fraction of sp³-hybridized carbons (Fsp3) is 0.115. The quantitative estimate of drug-likeness (QED) is 0.224. The number of benzene rings is 3. The van der Waals surface area contributed by atoms with Gasteiger partial charge in [0.1, 0.15) is 5.52 Å². The number of para-hydroxylation sites is 2. The van der Waals surface area contributed by atoms with Gasteiger partial charge in [-0.15, -0.1) is 0 Å². The third-order valence-electron chi connectivity index (χ3n) is 5.06. The van der Waals surface area contributed by atoms with Gasteiger partial charge < -0.3 is 18.6 Å². The molecule has 0 amide bonds. The second-order valence-electron chi connectivity index (χ2n) is 7.06. The SMILES string of the molecule is COC(=O)c1ccc(C=C(C(=O)c2ccc(OC)c(OC)c2)c2nc3ccccc3o2)cc1. The minimum Gasteiger partial charge on any atom is -0.493 e. The molecule has 0 unspecified atom stereocenters. The number of aromatic nitrogens is 1. The van der Waals surface area contributed by atoms with Crippen molar-refractivity contribution in [3.8, 4) is 11.5 Å². The topological polar surface area (TPSA) is 87.9 Å². The summed E-state index contributed by atoms with van der Waals surface area (Å²) >= 11 is 0. The Morgan fingerprint density at radius 2 is 1.55 bits per heavy atom. The molecule has 0 aliphatic carbocycles. The van der Waals surface area contributed by atoms with Crippen LogP contribution in [0.5, 0.6) is 11.5 Å². The van der Waals surface area contributed by atoms with E-state index in [1.54, 1.807) is 54.6 Å². The molecule has 1 heterocycles. The van der Waals surface area contributed by atoms with E-state index in [9.17, 15) is 9.59 Å². The largest absolute Gasteiger partial charge is 0.493 e. The zero-order valence-corrected chi connectivity index (χ0v) is 18.3. The predicted molar refractivity (Wildman–Crippen MR) is 124 cm³/mol. The van der Waals surface area contributed by atoms with Crippen LogP contribution in [-0.4, -0.2) is 38.1 Å². The lowest BCUT2D eigenvalue weighted by molar-refractivity contribution is 0.0600. The van der Waals surface area contributed by atoms with Gasteiger partial charge in [-0.05, 0) is 54.1 Å². The lowest BCUT2D eigenvalue weighted by Gasteiger charge is -2.10. The molecular weight excluding hydrogens is 422 g/mol. The molecule has 0 atom stereocenters. The summed E-state index contributed by atoms with van der Waals surface area (Å²) in [4.78, 5) is 29.8. The number of methoxy groups -OCH3 is 3. The summed E-state index contributed by atoms with van der Waals surface area (Å²) in [6.07, 6.45) is 1.67. The summed E-state index contributed by atoms with van der Waals surface area (Å²) in [7, 11) is 4.36. The number of hydrogen-bond donors (Lipinski definition) is 0. The number of nitrogens with zero attached hydrogens (tertiary/aromatic N) is 1. The van der Waals surface area contributed by atoms with Crippen molar-refractivity contribution in [3.63, 3.8) is 0 Å². The molecule has 3 aromatic carbocycles. The van der Waals surface area contributed by atoms with E-state index in [1.807, 2.05) is 18.2 Å². The average molecular weight is 443 g/mol. The fourth-order valence-electron chi connectivity index (χ4n) is 3.34. The summed E-state index contributed by atoms with van der Waals surface area (Å²) in [5.74, 6) is 0.390. The maximum Gasteiger partial charge on any atom is 0.337 e. The standard InChI is InChI=1S/C26H21NO6/c1-30-22-13-12-18(15-23(22)31-2)24(28)19(25-27-20-6-4-5-7-21(20)33-25)14-16-8-10-17(11-9-16)26(29)32-3/h4-15H,1-3H3. The highest BCUT2D eigenvalue weighted by molar-refractivity contribution is 6.31. The van der Waals surface area contributed by atoms with Gasteiger partial charge in [0.25, 0.3) is 0 Å². The molecule has 4 aromatic rings. The van der Waals surface area contributed by atoms with Gasteiger partial charge in [-0.3, -0.25) is 4.79 Å². The maximum absolute atomic E-state index is 13.6. The van der Waals surface area contributed by atoms with Crippen LogP contribution in [0, 0.1) is 0 Å². The summed E-state index contributed by atoms with van der Waals surface area (Å²) in [6.45, 7) is 0. The van der Waals surface area contributed by atoms with Crippen LogP contribution in [0.25, 0.3) is 22.7 Å². The predicted octanol–water partition coefficient (Wildman–Crippen LogP) is 5.06. The second-order valence-corrected chi connectivity index (χ2v) is 7.06. The highest BCUT2D eigenvalue weighted by Crippen LogP contribution is 2.31. The first-order valence-electron chi connectivity index (χ1n) is 10.1. The molecule has 33 heavy (non-hydrogen) atoms. The van der Waals surface area contributed by atoms with E-state index in [-0.39, 0.29) is 17.2 Å². The first-order valence-corrected chi connectivity index (χ1v) is 10.1. The number of carbonyl (C=O) groups excluding carboxylic acids is 2. The van der Waals surface area contributed by atoms with E-state index in [4.69, 9.17) is 18.6 Å². The summed E-state index contributed by atoms with van der Waals surface area (Å²) in [5.41, 5.74) is 2.94. The molecule has 0 saturated carbocycles. The minimum absolute atomic E-state index is 0.188. The fourth-order valence-corrected chi connectivity index (χ4v) is 3.34. The molecule has 7 nitrogen and oxygen atoms in total. The number of rotatable bonds is 7. The summed E-state index contributed by atoms with van der Waals surface area (Å²) in [5, 5.41) is 0. The number of oxazole rings is 1. The van der Waals surface area contributed by atoms with E-state index in [0.29, 0.717) is 39.3 Å². The van der Waals surface area contributed by atoms with Crippen LogP contribution in [0.1, 0.15) is 32.2 Å². The van der Waals surface area contributed by atoms with E-state index in [1.165, 1.54) is 21.3 Å². The number of hydrogen-bond acceptors (Lipinski definition) is 7. The Hall–Kier alpha value is -4.39. The van der Waals surface area contributed by atoms with Crippen molar-refractivity contribution in [2.24, 2.45) is 0 Å². The Labute approximate surface area is 190 Å². The first-order chi connectivity index (χ1) is 16.0. The van der Waals surface area contributed by atoms with Gasteiger partial charge in [0.05, 0.1) is 32.5 Å². The second kappa shape index (κ2) is 9.40. The number of allylic oxidation sites excluding steroid dienone is 1. The van der Waals surface area contributed by atoms with Gasteiger partial charge in [0.2, 0.25) is 5.89 Å². The summed E-state index contributed by atoms with van der Waals surface area (Å²) in [6, 6.07) is 18.9. The van der Waals surface area contributed by atoms with Gasteiger partial charge in [-0.2, -0.15) is 0 Å². The summed E-state index contributed by atoms with van der Waals surface area (Å²) < 4.78 is 21.3. The van der Waals surface area contributed by atoms with Crippen molar-refractivity contribution in [2.45, 2.75) is 0 Å². The zero-order valence-electron chi connectivity index (χ0n) is 18.3. The molecule has 0 fully saturated rings. The lowest BCUT2D eigenvalue weighted by atomic mass is 10.00. The third kappa shape index (κ3) is 4.48. The molecule has 7 heteroatoms. The molecule has 0 aliphatic heterocycles. The van der Waals surface area contributed by atoms with Gasteiger partial charge in [0.15, 0.2) is 22.9 Å². The van der Waals surface area contributed by atoms with Crippen molar-refractivity contribution in [2.75, 3.05) is 21.3 Å². The molecule has 166 valence electrons. The molecular formula is C26H21NO6. The minimum atomic E-state index is -0.439. The Morgan fingerprint density at radius 3 is 2.21 bits per heavy atom. The molecule has 0 spiro atoms. The number of ether oxygens (including phenoxy) is 3. The van der Waals surface area contributed by atoms with Gasteiger partial charge >= 0.3 is 5.97 Å². The lowest BCUT2D eigenvalue weighted by Crippen LogP contribution is -2.05. The van der Waals surface area contributed by atoms with Crippen LogP contribution in [0.4, 0.5) is 0 Å². The van der Waals surface area contributed by atoms with Crippen LogP contribution in [-0.2, 0) is 4.74 Å². The smallest absolute Gasteiger partial charge is 0.337 e. The Kier molecular flexibility index (Phi) is 6.22. The maximum atomic E-state index is 13.6. The average Bonchev–Trinajstić information content (AvgIpc) is 3.30. The molecule has 0 N–H and O–H groups in total. The molecule has 1 aromatic heterocycles. The van der Waals surface area contributed by atoms with Crippen molar-refractivity contribution >= 4 is 34.5 Å². The van der Waals surface area contributed by atoms with E-state index in [0.717, 1.165) is 0 Å². The number of esters is 1. The van der Waals surface area contributed by atoms with Crippen LogP contribution in [0.2, 0.25) is 0 Å². The van der Waals surface area contributed by atoms with E-state index in [2.05, 4.69) is 4.98 Å². The van der Waals surface area contributed by atoms with Gasteiger partial charge in [-0.1, -0.05) is 24.3 Å². The van der Waals surface area contributed by atoms with E-state index >= 15 is 0 Å². The van der Waals surface area contributed by atoms with Crippen molar-refractivity contribution in [1.29, 1.82) is 0 Å². The number of ketones is 1. The van der Waals surface area contributed by atoms with Gasteiger partial charge in [-0.25, -0.2) is 9.78 Å². The highest BCUT2D eigenvalue weighted by atomic mass is 16.5. The Morgan fingerprint density at radius 1 is 0.848 bits per heavy atom. The van der Waals surface area contributed by atoms with Crippen molar-refractivity contribution in [1.82, 2.24) is 4.98 Å². The Balaban J connectivity index is 1.81. The van der Waals surface area contributed by atoms with Crippen LogP contribution < -0.4 is 9.47 Å². The molecule has 0 radical (unpaired) electrons. The van der Waals surface area contributed by atoms with Crippen molar-refractivity contribution < 1.29 is 28.2 Å². The van der Waals surface area contributed by atoms with Crippen LogP contribution >= 0.6 is 0 Å². The molecule has 0 saturated heterocycles. The van der Waals surface area contributed by atoms with Crippen molar-refractivity contribution in [3.05, 3.63) is 89.3 Å². The van der Waals surface area contributed by atoms with Crippen LogP contribution in [0.3, 0.4) is 0 Å². The molecule has 0 aliphatic rings. The monoisotopic (exact) mass is 443 g/mol. The van der Waals surface area contributed by atoms with E-state index < -0.39 is 5.97 Å². The Bertz CT molecular complexity index is 1320. The van der Waals surface area contributed by atoms with Crippen LogP contribution in [0.15, 0.2) is 71.1 Å². The number of Topliss-reactive ketones (excluding diaryl/α,β-unsaturated/α-hetero) is 1.